The van der Waals surface area contributed by atoms with E-state index >= 15 is 0 Å². The van der Waals surface area contributed by atoms with Crippen LogP contribution in [0.4, 0.5) is 0 Å². The van der Waals surface area contributed by atoms with Gasteiger partial charge in [0.15, 0.2) is 0 Å². The van der Waals surface area contributed by atoms with Gasteiger partial charge in [-0.1, -0.05) is 135 Å². The van der Waals surface area contributed by atoms with Gasteiger partial charge in [-0.05, 0) is 25.0 Å². The third-order valence-corrected chi connectivity index (χ3v) is 9.27. The first-order chi connectivity index (χ1) is 20.4. The summed E-state index contributed by atoms with van der Waals surface area (Å²) >= 11 is 1.72. The van der Waals surface area contributed by atoms with Crippen LogP contribution < -0.4 is 0 Å². The van der Waals surface area contributed by atoms with Crippen LogP contribution >= 0.6 is 19.4 Å². The topological polar surface area (TPSA) is 99.1 Å². The number of esters is 1. The molecule has 0 aromatic carbocycles. The van der Waals surface area contributed by atoms with Crippen LogP contribution in [0.3, 0.4) is 0 Å². The molecule has 1 unspecified atom stereocenters. The molecule has 0 saturated carbocycles. The van der Waals surface area contributed by atoms with Crippen molar-refractivity contribution in [2.45, 2.75) is 167 Å². The summed E-state index contributed by atoms with van der Waals surface area (Å²) in [6.45, 7) is 4.44. The van der Waals surface area contributed by atoms with Crippen LogP contribution in [0.2, 0.25) is 0 Å². The minimum atomic E-state index is -3.61. The van der Waals surface area contributed by atoms with E-state index in [1.807, 2.05) is 0 Å². The lowest BCUT2D eigenvalue weighted by Crippen LogP contribution is -2.25. The van der Waals surface area contributed by atoms with Gasteiger partial charge in [0.05, 0.1) is 13.2 Å². The Hall–Kier alpha value is -0.560. The maximum absolute atomic E-state index is 12.4. The molecule has 0 aromatic heterocycles. The Bertz CT molecular complexity index is 644. The van der Waals surface area contributed by atoms with Crippen molar-refractivity contribution in [2.24, 2.45) is 0 Å². The molecule has 0 bridgehead atoms. The van der Waals surface area contributed by atoms with E-state index in [0.717, 1.165) is 50.9 Å². The number of unbranched alkanes of at least 4 members (excludes halogenated alkanes) is 21. The normalized spacial score (nSPS) is 13.5. The van der Waals surface area contributed by atoms with Crippen molar-refractivity contribution in [1.29, 1.82) is 0 Å². The highest BCUT2D eigenvalue weighted by Gasteiger charge is 2.19. The first-order valence-electron chi connectivity index (χ1n) is 17.2. The molecule has 2 atom stereocenters. The van der Waals surface area contributed by atoms with Crippen molar-refractivity contribution in [1.82, 2.24) is 0 Å². The molecule has 7 nitrogen and oxygen atoms in total. The van der Waals surface area contributed by atoms with E-state index in [0.29, 0.717) is 25.3 Å². The van der Waals surface area contributed by atoms with E-state index in [9.17, 15) is 19.0 Å². The number of hydrogen-bond donors (Lipinski definition) is 1. The van der Waals surface area contributed by atoms with Crippen molar-refractivity contribution in [3.05, 3.63) is 0 Å². The summed E-state index contributed by atoms with van der Waals surface area (Å²) in [6, 6.07) is 0. The fourth-order valence-corrected chi connectivity index (χ4v) is 6.38. The van der Waals surface area contributed by atoms with E-state index in [1.165, 1.54) is 109 Å². The Morgan fingerprint density at radius 1 is 0.738 bits per heavy atom. The Morgan fingerprint density at radius 2 is 1.19 bits per heavy atom. The predicted octanol–water partition coefficient (Wildman–Crippen LogP) is 10.0. The molecule has 0 radical (unpaired) electrons. The van der Waals surface area contributed by atoms with Crippen LogP contribution in [0.5, 0.6) is 0 Å². The fraction of sp³-hybridized carbons (Fsp3) is 0.939. The molecule has 0 aliphatic rings. The van der Waals surface area contributed by atoms with E-state index < -0.39 is 13.7 Å². The fourth-order valence-electron chi connectivity index (χ4n) is 4.94. The van der Waals surface area contributed by atoms with Gasteiger partial charge in [0.2, 0.25) is 0 Å². The minimum Gasteiger partial charge on any atom is -0.468 e. The average molecular weight is 637 g/mol. The molecule has 0 saturated heterocycles. The molecule has 0 aliphatic heterocycles. The summed E-state index contributed by atoms with van der Waals surface area (Å²) in [6.07, 6.45) is 28.2. The molecular formula is C33H65O7PS. The number of rotatable bonds is 34. The zero-order valence-electron chi connectivity index (χ0n) is 27.2. The molecule has 0 fully saturated rings. The van der Waals surface area contributed by atoms with Gasteiger partial charge in [-0.15, -0.1) is 0 Å². The standard InChI is InChI=1S/C33H65O7PS/c1-3-4-5-6-7-8-9-10-11-14-17-20-23-26-33(35)40-32(29-39-41(2,36)37)30-42-28-25-22-19-16-13-12-15-18-21-24-27-38-31-34/h31-32H,3-30H2,1-2H3,(H,36,37)/t32-/m1/s1. The summed E-state index contributed by atoms with van der Waals surface area (Å²) < 4.78 is 27.0. The van der Waals surface area contributed by atoms with Crippen molar-refractivity contribution in [2.75, 3.05) is 31.4 Å². The highest BCUT2D eigenvalue weighted by Crippen LogP contribution is 2.36. The SMILES string of the molecule is CCCCCCCCCCCCCCCC(=O)O[C@H](COP(C)(=O)O)CSCCCCCCCCCCCCOC=O. The summed E-state index contributed by atoms with van der Waals surface area (Å²) in [5.74, 6) is 1.34. The number of ether oxygens (including phenoxy) is 2. The van der Waals surface area contributed by atoms with Gasteiger partial charge < -0.3 is 18.9 Å². The summed E-state index contributed by atoms with van der Waals surface area (Å²) in [7, 11) is -3.61. The van der Waals surface area contributed by atoms with E-state index in [2.05, 4.69) is 6.92 Å². The molecule has 1 N–H and O–H groups in total. The minimum absolute atomic E-state index is 0.0360. The molecular weight excluding hydrogens is 571 g/mol. The van der Waals surface area contributed by atoms with Crippen LogP contribution in [-0.4, -0.2) is 54.8 Å². The van der Waals surface area contributed by atoms with Gasteiger partial charge in [0.25, 0.3) is 6.47 Å². The van der Waals surface area contributed by atoms with Gasteiger partial charge in [-0.3, -0.25) is 14.2 Å². The summed E-state index contributed by atoms with van der Waals surface area (Å²) in [5.41, 5.74) is 0. The maximum Gasteiger partial charge on any atom is 0.325 e. The molecule has 0 heterocycles. The third-order valence-electron chi connectivity index (χ3n) is 7.46. The highest BCUT2D eigenvalue weighted by atomic mass is 32.2. The van der Waals surface area contributed by atoms with Gasteiger partial charge in [0.1, 0.15) is 6.10 Å². The monoisotopic (exact) mass is 636 g/mol. The largest absolute Gasteiger partial charge is 0.468 e. The highest BCUT2D eigenvalue weighted by molar-refractivity contribution is 7.99. The second-order valence-corrected chi connectivity index (χ2v) is 14.8. The second-order valence-electron chi connectivity index (χ2n) is 11.8. The molecule has 0 amide bonds. The van der Waals surface area contributed by atoms with Crippen LogP contribution in [0.15, 0.2) is 0 Å². The lowest BCUT2D eigenvalue weighted by Gasteiger charge is -2.19. The lowest BCUT2D eigenvalue weighted by molar-refractivity contribution is -0.149. The molecule has 250 valence electrons. The second kappa shape index (κ2) is 31.9. The zero-order valence-corrected chi connectivity index (χ0v) is 28.9. The van der Waals surface area contributed by atoms with E-state index in [-0.39, 0.29) is 12.6 Å². The van der Waals surface area contributed by atoms with Crippen molar-refractivity contribution < 1.29 is 33.0 Å². The summed E-state index contributed by atoms with van der Waals surface area (Å²) in [5, 5.41) is 0. The molecule has 0 rings (SSSR count). The molecule has 0 aromatic rings. The van der Waals surface area contributed by atoms with Gasteiger partial charge in [-0.2, -0.15) is 11.8 Å². The van der Waals surface area contributed by atoms with E-state index in [1.54, 1.807) is 11.8 Å². The van der Waals surface area contributed by atoms with Crippen LogP contribution in [-0.2, 0) is 28.2 Å². The van der Waals surface area contributed by atoms with E-state index in [4.69, 9.17) is 14.0 Å². The maximum atomic E-state index is 12.4. The van der Waals surface area contributed by atoms with Crippen LogP contribution in [0, 0.1) is 0 Å². The summed E-state index contributed by atoms with van der Waals surface area (Å²) in [4.78, 5) is 32.0. The number of thioether (sulfide) groups is 1. The Balaban J connectivity index is 3.82. The molecule has 42 heavy (non-hydrogen) atoms. The smallest absolute Gasteiger partial charge is 0.325 e. The number of carbonyl (C=O) groups excluding carboxylic acids is 2. The van der Waals surface area contributed by atoms with Crippen LogP contribution in [0.25, 0.3) is 0 Å². The van der Waals surface area contributed by atoms with Crippen LogP contribution in [0.1, 0.15) is 161 Å². The van der Waals surface area contributed by atoms with Gasteiger partial charge in [0, 0.05) is 18.8 Å². The number of hydrogen-bond acceptors (Lipinski definition) is 7. The quantitative estimate of drug-likeness (QED) is 0.0322. The Kier molecular flexibility index (Phi) is 31.4. The van der Waals surface area contributed by atoms with Crippen molar-refractivity contribution in [3.8, 4) is 0 Å². The van der Waals surface area contributed by atoms with Crippen molar-refractivity contribution in [3.63, 3.8) is 0 Å². The molecule has 0 aliphatic carbocycles. The average Bonchev–Trinajstić information content (AvgIpc) is 2.95. The van der Waals surface area contributed by atoms with Gasteiger partial charge in [-0.25, -0.2) is 0 Å². The lowest BCUT2D eigenvalue weighted by atomic mass is 10.0. The first-order valence-corrected chi connectivity index (χ1v) is 20.3. The molecule has 0 spiro atoms. The first kappa shape index (κ1) is 41.4. The Morgan fingerprint density at radius 3 is 1.67 bits per heavy atom. The number of carbonyl (C=O) groups is 2. The third kappa shape index (κ3) is 33.9. The predicted molar refractivity (Wildman–Crippen MR) is 177 cm³/mol. The van der Waals surface area contributed by atoms with Gasteiger partial charge >= 0.3 is 13.6 Å². The molecule has 9 heteroatoms. The zero-order chi connectivity index (χ0) is 31.0. The Labute approximate surface area is 262 Å². The van der Waals surface area contributed by atoms with Crippen molar-refractivity contribution >= 4 is 31.8 Å².